The summed E-state index contributed by atoms with van der Waals surface area (Å²) >= 11 is 0. The van der Waals surface area contributed by atoms with E-state index in [1.807, 2.05) is 0 Å². The maximum Gasteiger partial charge on any atom is 0.0897 e. The van der Waals surface area contributed by atoms with Gasteiger partial charge in [-0.1, -0.05) is 47.0 Å². The molecule has 0 amide bonds. The summed E-state index contributed by atoms with van der Waals surface area (Å²) in [6.07, 6.45) is 4.55. The maximum atomic E-state index is 9.67. The lowest BCUT2D eigenvalue weighted by molar-refractivity contribution is 0.0187. The summed E-state index contributed by atoms with van der Waals surface area (Å²) in [6.45, 7) is 10.4. The second kappa shape index (κ2) is 11.0. The van der Waals surface area contributed by atoms with Crippen molar-refractivity contribution in [3.63, 3.8) is 0 Å². The molecule has 0 aliphatic rings. The topological polar surface area (TPSA) is 41.5 Å². The van der Waals surface area contributed by atoms with Crippen molar-refractivity contribution in [1.82, 2.24) is 5.32 Å². The zero-order valence-electron chi connectivity index (χ0n) is 12.0. The minimum Gasteiger partial charge on any atom is -0.389 e. The first-order valence-corrected chi connectivity index (χ1v) is 7.09. The van der Waals surface area contributed by atoms with Crippen molar-refractivity contribution in [2.45, 2.75) is 65.5 Å². The third-order valence-corrected chi connectivity index (χ3v) is 2.97. The van der Waals surface area contributed by atoms with E-state index in [1.165, 1.54) is 25.7 Å². The first-order valence-electron chi connectivity index (χ1n) is 7.09. The van der Waals surface area contributed by atoms with Gasteiger partial charge in [-0.2, -0.15) is 0 Å². The molecule has 0 heterocycles. The van der Waals surface area contributed by atoms with Crippen LogP contribution in [0, 0.1) is 5.92 Å². The second-order valence-electron chi connectivity index (χ2n) is 5.17. The van der Waals surface area contributed by atoms with E-state index in [0.717, 1.165) is 6.61 Å². The second-order valence-corrected chi connectivity index (χ2v) is 5.17. The van der Waals surface area contributed by atoms with E-state index in [1.54, 1.807) is 0 Å². The highest BCUT2D eigenvalue weighted by Crippen LogP contribution is 2.12. The number of aliphatic hydroxyl groups is 1. The van der Waals surface area contributed by atoms with Crippen LogP contribution in [0.25, 0.3) is 0 Å². The Balaban J connectivity index is 3.51. The highest BCUT2D eigenvalue weighted by atomic mass is 16.5. The molecule has 0 radical (unpaired) electrons. The average Bonchev–Trinajstić information content (AvgIpc) is 2.30. The smallest absolute Gasteiger partial charge is 0.0897 e. The summed E-state index contributed by atoms with van der Waals surface area (Å²) in [6, 6.07) is 0.414. The van der Waals surface area contributed by atoms with Crippen LogP contribution in [0.3, 0.4) is 0 Å². The van der Waals surface area contributed by atoms with Gasteiger partial charge >= 0.3 is 0 Å². The summed E-state index contributed by atoms with van der Waals surface area (Å²) in [4.78, 5) is 0. The van der Waals surface area contributed by atoms with E-state index in [9.17, 15) is 5.11 Å². The zero-order valence-corrected chi connectivity index (χ0v) is 12.0. The van der Waals surface area contributed by atoms with E-state index >= 15 is 0 Å². The molecule has 0 bridgehead atoms. The number of rotatable bonds is 11. The number of unbranched alkanes of at least 4 members (excludes halogenated alkanes) is 1. The third kappa shape index (κ3) is 10.7. The van der Waals surface area contributed by atoms with Gasteiger partial charge in [0.05, 0.1) is 12.7 Å². The van der Waals surface area contributed by atoms with Crippen LogP contribution in [0.2, 0.25) is 0 Å². The first kappa shape index (κ1) is 16.9. The molecule has 2 atom stereocenters. The average molecular weight is 245 g/mol. The summed E-state index contributed by atoms with van der Waals surface area (Å²) in [7, 11) is 0. The Labute approximate surface area is 107 Å². The molecule has 3 nitrogen and oxygen atoms in total. The van der Waals surface area contributed by atoms with Crippen molar-refractivity contribution in [3.8, 4) is 0 Å². The summed E-state index contributed by atoms with van der Waals surface area (Å²) in [5, 5.41) is 12.9. The van der Waals surface area contributed by atoms with Gasteiger partial charge in [0.25, 0.3) is 0 Å². The molecular formula is C14H31NO2. The van der Waals surface area contributed by atoms with Crippen molar-refractivity contribution in [2.24, 2.45) is 5.92 Å². The van der Waals surface area contributed by atoms with Crippen LogP contribution in [0.15, 0.2) is 0 Å². The molecule has 17 heavy (non-hydrogen) atoms. The largest absolute Gasteiger partial charge is 0.389 e. The molecule has 0 aromatic carbocycles. The molecule has 0 aromatic rings. The molecular weight excluding hydrogens is 214 g/mol. The minimum absolute atomic E-state index is 0.388. The predicted molar refractivity (Wildman–Crippen MR) is 73.3 cm³/mol. The van der Waals surface area contributed by atoms with Crippen LogP contribution in [0.4, 0.5) is 0 Å². The monoisotopic (exact) mass is 245 g/mol. The van der Waals surface area contributed by atoms with E-state index < -0.39 is 0 Å². The van der Waals surface area contributed by atoms with Crippen molar-refractivity contribution in [3.05, 3.63) is 0 Å². The molecule has 3 heteroatoms. The Kier molecular flexibility index (Phi) is 10.9. The third-order valence-electron chi connectivity index (χ3n) is 2.97. The fourth-order valence-electron chi connectivity index (χ4n) is 1.70. The van der Waals surface area contributed by atoms with E-state index in [-0.39, 0.29) is 6.10 Å². The lowest BCUT2D eigenvalue weighted by Crippen LogP contribution is -2.34. The Hall–Kier alpha value is -0.120. The molecule has 0 spiro atoms. The van der Waals surface area contributed by atoms with Crippen LogP contribution >= 0.6 is 0 Å². The van der Waals surface area contributed by atoms with Crippen molar-refractivity contribution in [1.29, 1.82) is 0 Å². The molecule has 2 N–H and O–H groups in total. The molecule has 104 valence electrons. The number of hydrogen-bond donors (Lipinski definition) is 2. The summed E-state index contributed by atoms with van der Waals surface area (Å²) < 4.78 is 5.59. The SMILES string of the molecule is CCCCC(CC)COCC(O)CNC(C)C. The number of ether oxygens (including phenoxy) is 1. The standard InChI is InChI=1S/C14H31NO2/c1-5-7-8-13(6-2)10-17-11-14(16)9-15-12(3)4/h12-16H,5-11H2,1-4H3. The fourth-order valence-corrected chi connectivity index (χ4v) is 1.70. The Bertz CT molecular complexity index is 162. The molecule has 0 saturated carbocycles. The number of hydrogen-bond acceptors (Lipinski definition) is 3. The Morgan fingerprint density at radius 3 is 2.41 bits per heavy atom. The van der Waals surface area contributed by atoms with Gasteiger partial charge in [-0.3, -0.25) is 0 Å². The number of nitrogens with one attached hydrogen (secondary N) is 1. The number of aliphatic hydroxyl groups excluding tert-OH is 1. The quantitative estimate of drug-likeness (QED) is 0.588. The van der Waals surface area contributed by atoms with Gasteiger partial charge in [0.1, 0.15) is 0 Å². The molecule has 0 aliphatic carbocycles. The lowest BCUT2D eigenvalue weighted by Gasteiger charge is -2.18. The van der Waals surface area contributed by atoms with E-state index in [4.69, 9.17) is 4.74 Å². The van der Waals surface area contributed by atoms with Crippen LogP contribution in [0.5, 0.6) is 0 Å². The summed E-state index contributed by atoms with van der Waals surface area (Å²) in [5.41, 5.74) is 0. The Morgan fingerprint density at radius 1 is 1.18 bits per heavy atom. The first-order chi connectivity index (χ1) is 8.10. The normalized spacial score (nSPS) is 15.2. The fraction of sp³-hybridized carbons (Fsp3) is 1.00. The predicted octanol–water partition coefficient (Wildman–Crippen LogP) is 2.58. The van der Waals surface area contributed by atoms with Crippen molar-refractivity contribution >= 4 is 0 Å². The van der Waals surface area contributed by atoms with Crippen LogP contribution in [-0.2, 0) is 4.74 Å². The molecule has 0 aromatic heterocycles. The minimum atomic E-state index is -0.388. The highest BCUT2D eigenvalue weighted by Gasteiger charge is 2.09. The van der Waals surface area contributed by atoms with Gasteiger partial charge in [-0.25, -0.2) is 0 Å². The van der Waals surface area contributed by atoms with Crippen LogP contribution < -0.4 is 5.32 Å². The van der Waals surface area contributed by atoms with Gasteiger partial charge in [0.2, 0.25) is 0 Å². The van der Waals surface area contributed by atoms with Gasteiger partial charge in [-0.05, 0) is 12.3 Å². The van der Waals surface area contributed by atoms with Crippen LogP contribution in [0.1, 0.15) is 53.4 Å². The van der Waals surface area contributed by atoms with Gasteiger partial charge in [0.15, 0.2) is 0 Å². The molecule has 0 fully saturated rings. The van der Waals surface area contributed by atoms with Gasteiger partial charge < -0.3 is 15.2 Å². The van der Waals surface area contributed by atoms with Crippen LogP contribution in [-0.4, -0.2) is 37.0 Å². The van der Waals surface area contributed by atoms with Gasteiger partial charge in [0, 0.05) is 19.2 Å². The van der Waals surface area contributed by atoms with Crippen molar-refractivity contribution < 1.29 is 9.84 Å². The molecule has 0 aliphatic heterocycles. The highest BCUT2D eigenvalue weighted by molar-refractivity contribution is 4.62. The lowest BCUT2D eigenvalue weighted by atomic mass is 10.0. The molecule has 2 unspecified atom stereocenters. The summed E-state index contributed by atoms with van der Waals surface area (Å²) in [5.74, 6) is 0.653. The zero-order chi connectivity index (χ0) is 13.1. The molecule has 0 saturated heterocycles. The van der Waals surface area contributed by atoms with E-state index in [2.05, 4.69) is 33.0 Å². The van der Waals surface area contributed by atoms with Crippen molar-refractivity contribution in [2.75, 3.05) is 19.8 Å². The van der Waals surface area contributed by atoms with Gasteiger partial charge in [-0.15, -0.1) is 0 Å². The molecule has 0 rings (SSSR count). The Morgan fingerprint density at radius 2 is 1.88 bits per heavy atom. The maximum absolute atomic E-state index is 9.67. The van der Waals surface area contributed by atoms with E-state index in [0.29, 0.717) is 25.1 Å².